The summed E-state index contributed by atoms with van der Waals surface area (Å²) in [5.41, 5.74) is 1.16. The summed E-state index contributed by atoms with van der Waals surface area (Å²) in [5.74, 6) is 0.740. The van der Waals surface area contributed by atoms with Gasteiger partial charge in [-0.05, 0) is 37.5 Å². The molecular formula is C13H20FNOS. The second kappa shape index (κ2) is 6.87. The lowest BCUT2D eigenvalue weighted by atomic mass is 10.1. The quantitative estimate of drug-likeness (QED) is 0.847. The smallest absolute Gasteiger partial charge is 0.130 e. The topological polar surface area (TPSA) is 23.5 Å². The number of hydrogen-bond acceptors (Lipinski definition) is 3. The predicted molar refractivity (Wildman–Crippen MR) is 73.2 cm³/mol. The van der Waals surface area contributed by atoms with Crippen molar-refractivity contribution in [2.24, 2.45) is 0 Å². The molecule has 1 atom stereocenters. The molecule has 0 aliphatic carbocycles. The highest BCUT2D eigenvalue weighted by Crippen LogP contribution is 2.24. The van der Waals surface area contributed by atoms with Crippen LogP contribution in [0.3, 0.4) is 0 Å². The molecule has 1 N–H and O–H groups in total. The molecule has 96 valence electrons. The lowest BCUT2D eigenvalue weighted by Gasteiger charge is -2.28. The molecule has 2 nitrogen and oxygen atoms in total. The Kier molecular flexibility index (Phi) is 5.78. The molecule has 0 heterocycles. The minimum absolute atomic E-state index is 0.262. The molecule has 1 aromatic rings. The average molecular weight is 257 g/mol. The van der Waals surface area contributed by atoms with Gasteiger partial charge in [-0.2, -0.15) is 11.8 Å². The van der Waals surface area contributed by atoms with Crippen LogP contribution < -0.4 is 4.90 Å². The van der Waals surface area contributed by atoms with Gasteiger partial charge in [-0.25, -0.2) is 4.39 Å². The highest BCUT2D eigenvalue weighted by Gasteiger charge is 2.15. The zero-order valence-corrected chi connectivity index (χ0v) is 11.4. The van der Waals surface area contributed by atoms with Crippen molar-refractivity contribution in [2.75, 3.05) is 24.0 Å². The van der Waals surface area contributed by atoms with E-state index in [2.05, 4.69) is 13.2 Å². The maximum Gasteiger partial charge on any atom is 0.130 e. The normalized spacial score (nSPS) is 12.5. The standard InChI is InChI=1S/C13H20FNOS/c1-10(7-8-17-3)15(2)13-6-4-5-12(14)11(13)9-16/h4-6,10,16H,7-9H2,1-3H3. The molecule has 0 aromatic heterocycles. The maximum absolute atomic E-state index is 13.5. The predicted octanol–water partition coefficient (Wildman–Crippen LogP) is 2.90. The van der Waals surface area contributed by atoms with Crippen LogP contribution in [-0.4, -0.2) is 30.2 Å². The van der Waals surface area contributed by atoms with E-state index in [1.807, 2.05) is 18.0 Å². The van der Waals surface area contributed by atoms with Gasteiger partial charge >= 0.3 is 0 Å². The van der Waals surface area contributed by atoms with Crippen LogP contribution in [0.15, 0.2) is 18.2 Å². The summed E-state index contributed by atoms with van der Waals surface area (Å²) in [6, 6.07) is 5.25. The van der Waals surface area contributed by atoms with Crippen LogP contribution in [0, 0.1) is 5.82 Å². The highest BCUT2D eigenvalue weighted by atomic mass is 32.2. The van der Waals surface area contributed by atoms with E-state index in [1.54, 1.807) is 17.8 Å². The molecule has 4 heteroatoms. The molecular weight excluding hydrogens is 237 g/mol. The van der Waals surface area contributed by atoms with Crippen LogP contribution >= 0.6 is 11.8 Å². The van der Waals surface area contributed by atoms with Gasteiger partial charge in [0.2, 0.25) is 0 Å². The van der Waals surface area contributed by atoms with Crippen molar-refractivity contribution in [3.05, 3.63) is 29.6 Å². The number of aliphatic hydroxyl groups is 1. The van der Waals surface area contributed by atoms with Crippen LogP contribution in [-0.2, 0) is 6.61 Å². The summed E-state index contributed by atoms with van der Waals surface area (Å²) >= 11 is 1.81. The van der Waals surface area contributed by atoms with E-state index in [1.165, 1.54) is 6.07 Å². The van der Waals surface area contributed by atoms with Gasteiger partial charge in [-0.3, -0.25) is 0 Å². The van der Waals surface area contributed by atoms with Crippen molar-refractivity contribution in [2.45, 2.75) is 26.0 Å². The Morgan fingerprint density at radius 3 is 2.76 bits per heavy atom. The van der Waals surface area contributed by atoms with Gasteiger partial charge in [0.25, 0.3) is 0 Å². The van der Waals surface area contributed by atoms with Gasteiger partial charge in [0.05, 0.1) is 6.61 Å². The molecule has 0 saturated heterocycles. The molecule has 1 unspecified atom stereocenters. The van der Waals surface area contributed by atoms with E-state index in [4.69, 9.17) is 0 Å². The van der Waals surface area contributed by atoms with Crippen molar-refractivity contribution in [1.29, 1.82) is 0 Å². The number of aliphatic hydroxyl groups excluding tert-OH is 1. The third-order valence-corrected chi connectivity index (χ3v) is 3.68. The Labute approximate surface area is 107 Å². The zero-order chi connectivity index (χ0) is 12.8. The number of hydrogen-bond donors (Lipinski definition) is 1. The van der Waals surface area contributed by atoms with Crippen LogP contribution in [0.2, 0.25) is 0 Å². The molecule has 17 heavy (non-hydrogen) atoms. The summed E-state index contributed by atoms with van der Waals surface area (Å²) in [6.45, 7) is 1.85. The fourth-order valence-corrected chi connectivity index (χ4v) is 2.33. The number of halogens is 1. The first-order valence-electron chi connectivity index (χ1n) is 5.71. The van der Waals surface area contributed by atoms with Gasteiger partial charge < -0.3 is 10.0 Å². The summed E-state index contributed by atoms with van der Waals surface area (Å²) in [6.07, 6.45) is 3.12. The fraction of sp³-hybridized carbons (Fsp3) is 0.538. The molecule has 0 radical (unpaired) electrons. The van der Waals surface area contributed by atoms with Gasteiger partial charge in [0.15, 0.2) is 0 Å². The van der Waals surface area contributed by atoms with Crippen LogP contribution in [0.5, 0.6) is 0 Å². The number of anilines is 1. The molecule has 0 amide bonds. The molecule has 0 bridgehead atoms. The average Bonchev–Trinajstić information content (AvgIpc) is 2.34. The minimum atomic E-state index is -0.339. The Morgan fingerprint density at radius 1 is 1.47 bits per heavy atom. The lowest BCUT2D eigenvalue weighted by Crippen LogP contribution is -2.30. The number of benzene rings is 1. The first-order chi connectivity index (χ1) is 8.11. The number of thioether (sulfide) groups is 1. The molecule has 1 rings (SSSR count). The summed E-state index contributed by atoms with van der Waals surface area (Å²) < 4.78 is 13.5. The van der Waals surface area contributed by atoms with Crippen LogP contribution in [0.4, 0.5) is 10.1 Å². The summed E-state index contributed by atoms with van der Waals surface area (Å²) in [7, 11) is 1.94. The van der Waals surface area contributed by atoms with E-state index < -0.39 is 0 Å². The third kappa shape index (κ3) is 3.61. The van der Waals surface area contributed by atoms with E-state index in [-0.39, 0.29) is 12.4 Å². The molecule has 0 fully saturated rings. The van der Waals surface area contributed by atoms with Crippen molar-refractivity contribution < 1.29 is 9.50 Å². The van der Waals surface area contributed by atoms with E-state index >= 15 is 0 Å². The third-order valence-electron chi connectivity index (χ3n) is 3.03. The van der Waals surface area contributed by atoms with E-state index in [9.17, 15) is 9.50 Å². The van der Waals surface area contributed by atoms with Gasteiger partial charge in [0.1, 0.15) is 5.82 Å². The molecule has 1 aromatic carbocycles. The zero-order valence-electron chi connectivity index (χ0n) is 10.6. The Balaban J connectivity index is 2.87. The number of nitrogens with zero attached hydrogens (tertiary/aromatic N) is 1. The lowest BCUT2D eigenvalue weighted by molar-refractivity contribution is 0.276. The maximum atomic E-state index is 13.5. The van der Waals surface area contributed by atoms with E-state index in [0.29, 0.717) is 11.6 Å². The Hall–Kier alpha value is -0.740. The second-order valence-electron chi connectivity index (χ2n) is 4.14. The molecule has 0 saturated carbocycles. The number of rotatable bonds is 6. The molecule has 0 spiro atoms. The monoisotopic (exact) mass is 257 g/mol. The van der Waals surface area contributed by atoms with Crippen LogP contribution in [0.25, 0.3) is 0 Å². The molecule has 0 aliphatic rings. The van der Waals surface area contributed by atoms with Crippen molar-refractivity contribution >= 4 is 17.4 Å². The molecule has 0 aliphatic heterocycles. The first-order valence-corrected chi connectivity index (χ1v) is 7.11. The van der Waals surface area contributed by atoms with Gasteiger partial charge in [0, 0.05) is 24.3 Å². The van der Waals surface area contributed by atoms with Crippen molar-refractivity contribution in [3.8, 4) is 0 Å². The Morgan fingerprint density at radius 2 is 2.18 bits per heavy atom. The largest absolute Gasteiger partial charge is 0.391 e. The van der Waals surface area contributed by atoms with Crippen molar-refractivity contribution in [3.63, 3.8) is 0 Å². The summed E-state index contributed by atoms with van der Waals surface area (Å²) in [4.78, 5) is 2.03. The fourth-order valence-electron chi connectivity index (χ4n) is 1.75. The van der Waals surface area contributed by atoms with E-state index in [0.717, 1.165) is 17.9 Å². The van der Waals surface area contributed by atoms with Crippen LogP contribution in [0.1, 0.15) is 18.9 Å². The van der Waals surface area contributed by atoms with Gasteiger partial charge in [-0.15, -0.1) is 0 Å². The van der Waals surface area contributed by atoms with Gasteiger partial charge in [-0.1, -0.05) is 6.07 Å². The highest BCUT2D eigenvalue weighted by molar-refractivity contribution is 7.98. The summed E-state index contributed by atoms with van der Waals surface area (Å²) in [5, 5.41) is 9.24. The second-order valence-corrected chi connectivity index (χ2v) is 5.12. The minimum Gasteiger partial charge on any atom is -0.391 e. The van der Waals surface area contributed by atoms with Crippen molar-refractivity contribution in [1.82, 2.24) is 0 Å². The SMILES string of the molecule is CSCCC(C)N(C)c1cccc(F)c1CO. The Bertz CT molecular complexity index is 359. The first kappa shape index (κ1) is 14.3.